The number of amides is 3. The zero-order valence-electron chi connectivity index (χ0n) is 20.5. The van der Waals surface area contributed by atoms with Gasteiger partial charge in [0.1, 0.15) is 11.6 Å². The summed E-state index contributed by atoms with van der Waals surface area (Å²) in [5.74, 6) is 0.448. The standard InChI is InChI=1S/C26H35FN4O3/c1-26(2,3)28-25(33)31(19-20-5-9-22(27)10-6-20)18-15-29-13-16-30(17-14-29)24(32)21-7-11-23(34-4)12-8-21/h5-12H,13-19H2,1-4H3,(H,28,33). The Bertz CT molecular complexity index is 950. The van der Waals surface area contributed by atoms with Crippen LogP contribution in [0.5, 0.6) is 5.75 Å². The van der Waals surface area contributed by atoms with Crippen molar-refractivity contribution in [1.29, 1.82) is 0 Å². The summed E-state index contributed by atoms with van der Waals surface area (Å²) in [5, 5.41) is 3.02. The number of nitrogens with one attached hydrogen (secondary N) is 1. The molecule has 1 saturated heterocycles. The van der Waals surface area contributed by atoms with Crippen LogP contribution >= 0.6 is 0 Å². The lowest BCUT2D eigenvalue weighted by Crippen LogP contribution is -2.52. The number of carbonyl (C=O) groups excluding carboxylic acids is 2. The Hall–Kier alpha value is -3.13. The van der Waals surface area contributed by atoms with Gasteiger partial charge in [-0.15, -0.1) is 0 Å². The summed E-state index contributed by atoms with van der Waals surface area (Å²) in [7, 11) is 1.60. The van der Waals surface area contributed by atoms with Crippen LogP contribution in [-0.2, 0) is 6.54 Å². The van der Waals surface area contributed by atoms with Gasteiger partial charge >= 0.3 is 6.03 Å². The van der Waals surface area contributed by atoms with Gasteiger partial charge < -0.3 is 19.9 Å². The fourth-order valence-corrected chi connectivity index (χ4v) is 3.82. The van der Waals surface area contributed by atoms with Crippen LogP contribution in [0.15, 0.2) is 48.5 Å². The molecule has 34 heavy (non-hydrogen) atoms. The van der Waals surface area contributed by atoms with E-state index in [9.17, 15) is 14.0 Å². The Labute approximate surface area is 201 Å². The highest BCUT2D eigenvalue weighted by Crippen LogP contribution is 2.15. The molecule has 8 heteroatoms. The van der Waals surface area contributed by atoms with Gasteiger partial charge in [0.2, 0.25) is 0 Å². The molecule has 0 atom stereocenters. The number of rotatable bonds is 7. The smallest absolute Gasteiger partial charge is 0.318 e. The zero-order chi connectivity index (χ0) is 24.7. The number of nitrogens with zero attached hydrogens (tertiary/aromatic N) is 3. The number of carbonyl (C=O) groups is 2. The summed E-state index contributed by atoms with van der Waals surface area (Å²) < 4.78 is 18.5. The fraction of sp³-hybridized carbons (Fsp3) is 0.462. The molecule has 184 valence electrons. The molecule has 2 aromatic carbocycles. The summed E-state index contributed by atoms with van der Waals surface area (Å²) in [4.78, 5) is 31.6. The van der Waals surface area contributed by atoms with Crippen molar-refractivity contribution >= 4 is 11.9 Å². The lowest BCUT2D eigenvalue weighted by atomic mass is 10.1. The first kappa shape index (κ1) is 25.5. The van der Waals surface area contributed by atoms with Crippen LogP contribution in [0, 0.1) is 5.82 Å². The largest absolute Gasteiger partial charge is 0.497 e. The van der Waals surface area contributed by atoms with Gasteiger partial charge in [-0.2, -0.15) is 0 Å². The quantitative estimate of drug-likeness (QED) is 0.672. The van der Waals surface area contributed by atoms with Gasteiger partial charge in [-0.1, -0.05) is 12.1 Å². The van der Waals surface area contributed by atoms with E-state index in [0.717, 1.165) is 24.4 Å². The van der Waals surface area contributed by atoms with Gasteiger partial charge in [-0.25, -0.2) is 9.18 Å². The van der Waals surface area contributed by atoms with Crippen LogP contribution in [-0.4, -0.2) is 78.6 Å². The minimum atomic E-state index is -0.356. The Morgan fingerprint density at radius 1 is 1.00 bits per heavy atom. The lowest BCUT2D eigenvalue weighted by molar-refractivity contribution is 0.0627. The molecule has 2 aromatic rings. The Morgan fingerprint density at radius 2 is 1.62 bits per heavy atom. The second-order valence-electron chi connectivity index (χ2n) is 9.59. The van der Waals surface area contributed by atoms with Crippen LogP contribution < -0.4 is 10.1 Å². The number of methoxy groups -OCH3 is 1. The summed E-state index contributed by atoms with van der Waals surface area (Å²) in [6.45, 7) is 10.2. The van der Waals surface area contributed by atoms with Gasteiger partial charge in [0, 0.05) is 56.9 Å². The van der Waals surface area contributed by atoms with E-state index in [1.165, 1.54) is 12.1 Å². The molecule has 1 heterocycles. The lowest BCUT2D eigenvalue weighted by Gasteiger charge is -2.36. The molecule has 1 fully saturated rings. The normalized spacial score (nSPS) is 14.6. The number of piperazine rings is 1. The van der Waals surface area contributed by atoms with Crippen LogP contribution in [0.25, 0.3) is 0 Å². The van der Waals surface area contributed by atoms with Crippen molar-refractivity contribution in [2.24, 2.45) is 0 Å². The number of benzene rings is 2. The monoisotopic (exact) mass is 470 g/mol. The molecule has 0 spiro atoms. The summed E-state index contributed by atoms with van der Waals surface area (Å²) in [6.07, 6.45) is 0. The van der Waals surface area contributed by atoms with E-state index in [0.29, 0.717) is 38.3 Å². The van der Waals surface area contributed by atoms with Gasteiger partial charge in [-0.05, 0) is 62.7 Å². The molecule has 1 aliphatic heterocycles. The number of hydrogen-bond donors (Lipinski definition) is 1. The number of halogens is 1. The Morgan fingerprint density at radius 3 is 2.18 bits per heavy atom. The van der Waals surface area contributed by atoms with Crippen LogP contribution in [0.1, 0.15) is 36.7 Å². The average Bonchev–Trinajstić information content (AvgIpc) is 2.81. The first-order chi connectivity index (χ1) is 16.1. The van der Waals surface area contributed by atoms with E-state index in [2.05, 4.69) is 10.2 Å². The van der Waals surface area contributed by atoms with Crippen molar-refractivity contribution < 1.29 is 18.7 Å². The van der Waals surface area contributed by atoms with Crippen molar-refractivity contribution in [3.8, 4) is 5.75 Å². The third-order valence-corrected chi connectivity index (χ3v) is 5.74. The van der Waals surface area contributed by atoms with E-state index in [-0.39, 0.29) is 23.3 Å². The van der Waals surface area contributed by atoms with Gasteiger partial charge in [-0.3, -0.25) is 9.69 Å². The average molecular weight is 471 g/mol. The minimum absolute atomic E-state index is 0.0183. The highest BCUT2D eigenvalue weighted by molar-refractivity contribution is 5.94. The molecular weight excluding hydrogens is 435 g/mol. The zero-order valence-corrected chi connectivity index (χ0v) is 20.5. The highest BCUT2D eigenvalue weighted by atomic mass is 19.1. The van der Waals surface area contributed by atoms with Crippen molar-refractivity contribution in [2.75, 3.05) is 46.4 Å². The van der Waals surface area contributed by atoms with E-state index in [4.69, 9.17) is 4.74 Å². The summed E-state index contributed by atoms with van der Waals surface area (Å²) in [5.41, 5.74) is 1.17. The maximum atomic E-state index is 13.3. The number of hydrogen-bond acceptors (Lipinski definition) is 4. The topological polar surface area (TPSA) is 65.1 Å². The van der Waals surface area contributed by atoms with E-state index in [1.54, 1.807) is 48.4 Å². The molecule has 0 saturated carbocycles. The van der Waals surface area contributed by atoms with Gasteiger partial charge in [0.05, 0.1) is 7.11 Å². The fourth-order valence-electron chi connectivity index (χ4n) is 3.82. The van der Waals surface area contributed by atoms with Crippen molar-refractivity contribution in [1.82, 2.24) is 20.0 Å². The van der Waals surface area contributed by atoms with Gasteiger partial charge in [0.25, 0.3) is 5.91 Å². The number of ether oxygens (including phenoxy) is 1. The first-order valence-electron chi connectivity index (χ1n) is 11.6. The molecule has 3 rings (SSSR count). The molecule has 0 radical (unpaired) electrons. The highest BCUT2D eigenvalue weighted by Gasteiger charge is 2.24. The second-order valence-corrected chi connectivity index (χ2v) is 9.59. The first-order valence-corrected chi connectivity index (χ1v) is 11.6. The van der Waals surface area contributed by atoms with E-state index >= 15 is 0 Å². The molecule has 7 nitrogen and oxygen atoms in total. The molecule has 0 aliphatic carbocycles. The van der Waals surface area contributed by atoms with E-state index in [1.807, 2.05) is 25.7 Å². The maximum Gasteiger partial charge on any atom is 0.318 e. The summed E-state index contributed by atoms with van der Waals surface area (Å²) >= 11 is 0. The van der Waals surface area contributed by atoms with Crippen molar-refractivity contribution in [3.63, 3.8) is 0 Å². The van der Waals surface area contributed by atoms with Crippen LogP contribution in [0.3, 0.4) is 0 Å². The van der Waals surface area contributed by atoms with E-state index < -0.39 is 0 Å². The number of urea groups is 1. The summed E-state index contributed by atoms with van der Waals surface area (Å²) in [6, 6.07) is 13.2. The molecule has 3 amide bonds. The molecule has 0 unspecified atom stereocenters. The molecule has 0 aromatic heterocycles. The third kappa shape index (κ3) is 7.45. The van der Waals surface area contributed by atoms with Crippen molar-refractivity contribution in [3.05, 3.63) is 65.5 Å². The molecular formula is C26H35FN4O3. The Balaban J connectivity index is 1.54. The third-order valence-electron chi connectivity index (χ3n) is 5.74. The minimum Gasteiger partial charge on any atom is -0.497 e. The van der Waals surface area contributed by atoms with Gasteiger partial charge in [0.15, 0.2) is 0 Å². The molecule has 0 bridgehead atoms. The Kier molecular flexibility index (Phi) is 8.50. The molecule has 1 aliphatic rings. The van der Waals surface area contributed by atoms with Crippen LogP contribution in [0.2, 0.25) is 0 Å². The molecule has 1 N–H and O–H groups in total. The SMILES string of the molecule is COc1ccc(C(=O)N2CCN(CCN(Cc3ccc(F)cc3)C(=O)NC(C)(C)C)CC2)cc1. The van der Waals surface area contributed by atoms with Crippen LogP contribution in [0.4, 0.5) is 9.18 Å². The maximum absolute atomic E-state index is 13.3. The van der Waals surface area contributed by atoms with Crippen molar-refractivity contribution in [2.45, 2.75) is 32.9 Å². The predicted molar refractivity (Wildman–Crippen MR) is 130 cm³/mol. The predicted octanol–water partition coefficient (Wildman–Crippen LogP) is 3.60. The second kappa shape index (κ2) is 11.3.